The third-order valence-electron chi connectivity index (χ3n) is 9.21. The predicted octanol–water partition coefficient (Wildman–Crippen LogP) is 3.89. The Labute approximate surface area is 253 Å². The van der Waals surface area contributed by atoms with E-state index >= 15 is 0 Å². The standard InChI is InChI=1S/C30H35F2N7O4S/c1-17-27(23-12-20-6-7-24(39(30(31)32)44(3,41)42)35-28(20)37(23)15-18-4-5-18)34-25-13-21(14-26(43-2)38(17)25)29(40)36-11-9-19-8-10-33-22(19)16-36/h6-7,12-14,18-19,22,30,33H,4-5,8-11,15-16H2,1-3H3/t19-,22+/m1/s1. The summed E-state index contributed by atoms with van der Waals surface area (Å²) in [4.78, 5) is 25.0. The van der Waals surface area contributed by atoms with Crippen molar-refractivity contribution in [2.75, 3.05) is 37.3 Å². The number of alkyl halides is 2. The van der Waals surface area contributed by atoms with Gasteiger partial charge in [-0.3, -0.25) is 9.20 Å². The number of rotatable bonds is 8. The molecule has 3 fully saturated rings. The van der Waals surface area contributed by atoms with Crippen molar-refractivity contribution in [3.8, 4) is 17.3 Å². The smallest absolute Gasteiger partial charge is 0.329 e. The van der Waals surface area contributed by atoms with Crippen LogP contribution in [-0.2, 0) is 16.6 Å². The maximum atomic E-state index is 13.8. The minimum absolute atomic E-state index is 0.0331. The van der Waals surface area contributed by atoms with Crippen molar-refractivity contribution in [3.05, 3.63) is 41.6 Å². The second kappa shape index (κ2) is 10.7. The second-order valence-electron chi connectivity index (χ2n) is 12.2. The van der Waals surface area contributed by atoms with Gasteiger partial charge in [-0.2, -0.15) is 13.1 Å². The summed E-state index contributed by atoms with van der Waals surface area (Å²) in [6, 6.07) is 8.66. The molecule has 4 aromatic rings. The Balaban J connectivity index is 1.32. The van der Waals surface area contributed by atoms with Crippen LogP contribution < -0.4 is 14.4 Å². The normalized spacial score (nSPS) is 20.5. The van der Waals surface area contributed by atoms with Crippen LogP contribution in [0.2, 0.25) is 0 Å². The maximum Gasteiger partial charge on any atom is 0.329 e. The number of likely N-dealkylation sites (tertiary alicyclic amines) is 1. The van der Waals surface area contributed by atoms with E-state index in [2.05, 4.69) is 10.3 Å². The molecular weight excluding hydrogens is 592 g/mol. The Morgan fingerprint density at radius 2 is 1.95 bits per heavy atom. The maximum absolute atomic E-state index is 13.8. The highest BCUT2D eigenvalue weighted by Crippen LogP contribution is 2.38. The van der Waals surface area contributed by atoms with Crippen LogP contribution in [0.25, 0.3) is 28.1 Å². The summed E-state index contributed by atoms with van der Waals surface area (Å²) < 4.78 is 61.6. The molecule has 7 rings (SSSR count). The fourth-order valence-electron chi connectivity index (χ4n) is 6.79. The predicted molar refractivity (Wildman–Crippen MR) is 162 cm³/mol. The molecule has 0 radical (unpaired) electrons. The molecule has 0 aromatic carbocycles. The zero-order valence-corrected chi connectivity index (χ0v) is 25.6. The molecule has 11 nitrogen and oxygen atoms in total. The number of nitrogens with one attached hydrogen (secondary N) is 1. The van der Waals surface area contributed by atoms with E-state index in [0.29, 0.717) is 71.3 Å². The molecule has 1 saturated carbocycles. The number of carbonyl (C=O) groups excluding carboxylic acids is 1. The first-order valence-electron chi connectivity index (χ1n) is 14.9. The minimum atomic E-state index is -4.26. The lowest BCUT2D eigenvalue weighted by Crippen LogP contribution is -2.48. The third kappa shape index (κ3) is 4.97. The van der Waals surface area contributed by atoms with Crippen LogP contribution in [0.15, 0.2) is 30.3 Å². The first kappa shape index (κ1) is 29.0. The van der Waals surface area contributed by atoms with E-state index in [1.807, 2.05) is 26.9 Å². The zero-order valence-electron chi connectivity index (χ0n) is 24.8. The number of methoxy groups -OCH3 is 1. The number of aromatic nitrogens is 4. The van der Waals surface area contributed by atoms with Gasteiger partial charge in [0, 0.05) is 42.7 Å². The van der Waals surface area contributed by atoms with Crippen LogP contribution in [0.1, 0.15) is 41.7 Å². The van der Waals surface area contributed by atoms with Crippen LogP contribution >= 0.6 is 0 Å². The average molecular weight is 628 g/mol. The van der Waals surface area contributed by atoms with Gasteiger partial charge in [-0.1, -0.05) is 0 Å². The number of amides is 1. The van der Waals surface area contributed by atoms with Crippen LogP contribution in [0.5, 0.6) is 5.88 Å². The van der Waals surface area contributed by atoms with Gasteiger partial charge in [0.15, 0.2) is 5.88 Å². The van der Waals surface area contributed by atoms with Crippen molar-refractivity contribution in [2.24, 2.45) is 11.8 Å². The topological polar surface area (TPSA) is 114 Å². The first-order valence-corrected chi connectivity index (χ1v) is 16.8. The molecule has 2 aliphatic heterocycles. The number of halogens is 2. The lowest BCUT2D eigenvalue weighted by molar-refractivity contribution is 0.0668. The number of aryl methyl sites for hydroxylation is 1. The average Bonchev–Trinajstić information content (AvgIpc) is 3.41. The Morgan fingerprint density at radius 3 is 2.66 bits per heavy atom. The molecule has 1 aliphatic carbocycles. The number of hydrogen-bond acceptors (Lipinski definition) is 7. The summed E-state index contributed by atoms with van der Waals surface area (Å²) in [5, 5.41) is 4.20. The third-order valence-corrected chi connectivity index (χ3v) is 10.3. The summed E-state index contributed by atoms with van der Waals surface area (Å²) in [6.45, 7) is 1.61. The first-order chi connectivity index (χ1) is 21.0. The van der Waals surface area contributed by atoms with E-state index in [4.69, 9.17) is 9.72 Å². The Morgan fingerprint density at radius 1 is 1.16 bits per heavy atom. The van der Waals surface area contributed by atoms with Crippen LogP contribution in [-0.4, -0.2) is 83.8 Å². The van der Waals surface area contributed by atoms with Crippen molar-refractivity contribution in [1.29, 1.82) is 0 Å². The van der Waals surface area contributed by atoms with Crippen molar-refractivity contribution in [2.45, 2.75) is 51.7 Å². The molecule has 3 aliphatic rings. The quantitative estimate of drug-likeness (QED) is 0.295. The van der Waals surface area contributed by atoms with Crippen LogP contribution in [0, 0.1) is 18.8 Å². The van der Waals surface area contributed by atoms with Crippen molar-refractivity contribution < 1.29 is 26.7 Å². The molecule has 4 aromatic heterocycles. The fourth-order valence-corrected chi connectivity index (χ4v) is 7.52. The number of hydrogen-bond donors (Lipinski definition) is 1. The molecule has 0 unspecified atom stereocenters. The SMILES string of the molecule is COc1cc(C(=O)N2CC[C@H]3CCN[C@H]3C2)cc2nc(-c3cc4ccc(N(C(F)F)S(C)(=O)=O)nc4n3CC3CC3)c(C)n12. The highest BCUT2D eigenvalue weighted by atomic mass is 32.2. The molecule has 0 spiro atoms. The number of ether oxygens (including phenoxy) is 1. The Hall–Kier alpha value is -3.78. The molecule has 234 valence electrons. The van der Waals surface area contributed by atoms with Gasteiger partial charge in [-0.15, -0.1) is 0 Å². The van der Waals surface area contributed by atoms with E-state index in [1.54, 1.807) is 25.3 Å². The fraction of sp³-hybridized carbons (Fsp3) is 0.500. The van der Waals surface area contributed by atoms with Crippen molar-refractivity contribution in [1.82, 2.24) is 29.2 Å². The summed E-state index contributed by atoms with van der Waals surface area (Å²) in [5.41, 5.74) is 3.59. The van der Waals surface area contributed by atoms with Gasteiger partial charge in [0.2, 0.25) is 10.0 Å². The summed E-state index contributed by atoms with van der Waals surface area (Å²) in [7, 11) is -2.71. The van der Waals surface area contributed by atoms with Crippen molar-refractivity contribution >= 4 is 38.4 Å². The summed E-state index contributed by atoms with van der Waals surface area (Å²) >= 11 is 0. The number of carbonyl (C=O) groups is 1. The molecule has 2 atom stereocenters. The molecule has 2 saturated heterocycles. The number of imidazole rings is 1. The van der Waals surface area contributed by atoms with Crippen molar-refractivity contribution in [3.63, 3.8) is 0 Å². The number of pyridine rings is 2. The van der Waals surface area contributed by atoms with E-state index < -0.39 is 16.6 Å². The Bertz CT molecular complexity index is 1890. The number of sulfonamides is 1. The van der Waals surface area contributed by atoms with E-state index in [9.17, 15) is 22.0 Å². The minimum Gasteiger partial charge on any atom is -0.482 e. The van der Waals surface area contributed by atoms with Gasteiger partial charge < -0.3 is 19.5 Å². The molecule has 44 heavy (non-hydrogen) atoms. The number of anilines is 1. The van der Waals surface area contributed by atoms with Gasteiger partial charge in [-0.05, 0) is 75.3 Å². The molecule has 14 heteroatoms. The molecule has 0 bridgehead atoms. The van der Waals surface area contributed by atoms with Gasteiger partial charge >= 0.3 is 6.55 Å². The number of nitrogens with zero attached hydrogens (tertiary/aromatic N) is 6. The molecular formula is C30H35F2N7O4S. The van der Waals surface area contributed by atoms with Gasteiger partial charge in [0.25, 0.3) is 5.91 Å². The van der Waals surface area contributed by atoms with E-state index in [-0.39, 0.29) is 16.0 Å². The lowest BCUT2D eigenvalue weighted by Gasteiger charge is -2.35. The highest BCUT2D eigenvalue weighted by Gasteiger charge is 2.35. The molecule has 1 N–H and O–H groups in total. The lowest BCUT2D eigenvalue weighted by atomic mass is 9.92. The Kier molecular flexibility index (Phi) is 7.03. The van der Waals surface area contributed by atoms with E-state index in [1.165, 1.54) is 6.07 Å². The van der Waals surface area contributed by atoms with E-state index in [0.717, 1.165) is 49.9 Å². The second-order valence-corrected chi connectivity index (χ2v) is 14.0. The largest absolute Gasteiger partial charge is 0.482 e. The van der Waals surface area contributed by atoms with Gasteiger partial charge in [-0.25, -0.2) is 18.4 Å². The highest BCUT2D eigenvalue weighted by molar-refractivity contribution is 7.92. The molecule has 1 amide bonds. The zero-order chi connectivity index (χ0) is 30.9. The summed E-state index contributed by atoms with van der Waals surface area (Å²) in [6.07, 6.45) is 4.93. The van der Waals surface area contributed by atoms with Gasteiger partial charge in [0.05, 0.1) is 24.8 Å². The van der Waals surface area contributed by atoms with Crippen LogP contribution in [0.4, 0.5) is 14.6 Å². The summed E-state index contributed by atoms with van der Waals surface area (Å²) in [5.74, 6) is 1.08. The van der Waals surface area contributed by atoms with Crippen LogP contribution in [0.3, 0.4) is 0 Å². The number of piperidine rings is 1. The monoisotopic (exact) mass is 627 g/mol. The van der Waals surface area contributed by atoms with Gasteiger partial charge in [0.1, 0.15) is 22.8 Å². The number of fused-ring (bicyclic) bond motifs is 3. The molecule has 6 heterocycles.